The van der Waals surface area contributed by atoms with Crippen LogP contribution in [0, 0.1) is 5.92 Å². The van der Waals surface area contributed by atoms with Gasteiger partial charge in [0.1, 0.15) is 0 Å². The normalized spacial score (nSPS) is 20.2. The van der Waals surface area contributed by atoms with E-state index < -0.39 is 0 Å². The molecule has 2 amide bonds. The molecule has 0 bridgehead atoms. The number of hydrogen-bond donors (Lipinski definition) is 0. The van der Waals surface area contributed by atoms with E-state index in [1.54, 1.807) is 0 Å². The van der Waals surface area contributed by atoms with Crippen molar-refractivity contribution in [2.24, 2.45) is 5.92 Å². The topological polar surface area (TPSA) is 60.0 Å². The first kappa shape index (κ1) is 19.6. The van der Waals surface area contributed by atoms with Crippen LogP contribution in [0.25, 0.3) is 10.9 Å². The maximum atomic E-state index is 13.0. The summed E-state index contributed by atoms with van der Waals surface area (Å²) in [7, 11) is 3.99. The van der Waals surface area contributed by atoms with Gasteiger partial charge >= 0.3 is 0 Å². The van der Waals surface area contributed by atoms with Crippen molar-refractivity contribution in [1.29, 1.82) is 0 Å². The molecule has 2 aliphatic rings. The van der Waals surface area contributed by atoms with Gasteiger partial charge in [0, 0.05) is 69.5 Å². The van der Waals surface area contributed by atoms with Crippen molar-refractivity contribution >= 4 is 28.4 Å². The molecule has 2 fully saturated rings. The molecule has 1 atom stereocenters. The summed E-state index contributed by atoms with van der Waals surface area (Å²) in [6, 6.07) is 10.2. The lowest BCUT2D eigenvalue weighted by Gasteiger charge is -2.37. The van der Waals surface area contributed by atoms with Crippen LogP contribution in [0.5, 0.6) is 0 Å². The largest absolute Gasteiger partial charge is 0.367 e. The van der Waals surface area contributed by atoms with E-state index in [-0.39, 0.29) is 17.7 Å². The number of rotatable bonds is 5. The number of hydrogen-bond acceptors (Lipinski definition) is 5. The predicted octanol–water partition coefficient (Wildman–Crippen LogP) is 1.29. The molecule has 0 N–H and O–H groups in total. The standard InChI is InChI=1S/C22H29N5O2/c1-24(2)9-10-27-16-17(15-21(27)28)22(29)26-13-11-25(12-14-26)20-7-8-23-19-6-4-3-5-18(19)20/h3-8,17H,9-16H2,1-2H3. The van der Waals surface area contributed by atoms with Gasteiger partial charge in [-0.05, 0) is 26.2 Å². The summed E-state index contributed by atoms with van der Waals surface area (Å²) in [6.07, 6.45) is 2.20. The third kappa shape index (κ3) is 4.19. The second-order valence-electron chi connectivity index (χ2n) is 8.20. The smallest absolute Gasteiger partial charge is 0.228 e. The zero-order valence-corrected chi connectivity index (χ0v) is 17.3. The van der Waals surface area contributed by atoms with E-state index in [9.17, 15) is 9.59 Å². The minimum absolute atomic E-state index is 0.104. The highest BCUT2D eigenvalue weighted by Crippen LogP contribution is 2.27. The number of piperazine rings is 1. The van der Waals surface area contributed by atoms with E-state index in [0.717, 1.165) is 30.5 Å². The first-order valence-corrected chi connectivity index (χ1v) is 10.3. The summed E-state index contributed by atoms with van der Waals surface area (Å²) in [5, 5.41) is 1.15. The van der Waals surface area contributed by atoms with E-state index in [0.29, 0.717) is 32.6 Å². The lowest BCUT2D eigenvalue weighted by molar-refractivity contribution is -0.136. The van der Waals surface area contributed by atoms with Gasteiger partial charge in [0.05, 0.1) is 11.4 Å². The van der Waals surface area contributed by atoms with Crippen LogP contribution in [-0.2, 0) is 9.59 Å². The average molecular weight is 396 g/mol. The van der Waals surface area contributed by atoms with Crippen molar-refractivity contribution in [1.82, 2.24) is 19.7 Å². The molecule has 7 nitrogen and oxygen atoms in total. The zero-order valence-electron chi connectivity index (χ0n) is 17.3. The van der Waals surface area contributed by atoms with Crippen molar-refractivity contribution in [3.05, 3.63) is 36.5 Å². The molecule has 7 heteroatoms. The monoisotopic (exact) mass is 395 g/mol. The van der Waals surface area contributed by atoms with Gasteiger partial charge in [0.2, 0.25) is 11.8 Å². The highest BCUT2D eigenvalue weighted by atomic mass is 16.2. The number of benzene rings is 1. The fraction of sp³-hybridized carbons (Fsp3) is 0.500. The van der Waals surface area contributed by atoms with Crippen LogP contribution in [0.4, 0.5) is 5.69 Å². The number of amides is 2. The van der Waals surface area contributed by atoms with Gasteiger partial charge in [-0.2, -0.15) is 0 Å². The Balaban J connectivity index is 1.36. The molecular formula is C22H29N5O2. The summed E-state index contributed by atoms with van der Waals surface area (Å²) in [4.78, 5) is 37.9. The van der Waals surface area contributed by atoms with Gasteiger partial charge in [-0.25, -0.2) is 0 Å². The minimum atomic E-state index is -0.196. The van der Waals surface area contributed by atoms with E-state index in [1.807, 2.05) is 48.3 Å². The van der Waals surface area contributed by atoms with Gasteiger partial charge in [0.25, 0.3) is 0 Å². The van der Waals surface area contributed by atoms with Crippen LogP contribution in [0.2, 0.25) is 0 Å². The number of fused-ring (bicyclic) bond motifs is 1. The summed E-state index contributed by atoms with van der Waals surface area (Å²) in [5.74, 6) is 0.0370. The number of aromatic nitrogens is 1. The molecule has 3 heterocycles. The van der Waals surface area contributed by atoms with Crippen molar-refractivity contribution < 1.29 is 9.59 Å². The molecule has 0 spiro atoms. The van der Waals surface area contributed by atoms with Crippen LogP contribution in [0.15, 0.2) is 36.5 Å². The Morgan fingerprint density at radius 2 is 1.90 bits per heavy atom. The second kappa shape index (κ2) is 8.37. The van der Waals surface area contributed by atoms with Crippen LogP contribution >= 0.6 is 0 Å². The minimum Gasteiger partial charge on any atom is -0.367 e. The van der Waals surface area contributed by atoms with Crippen LogP contribution in [0.3, 0.4) is 0 Å². The van der Waals surface area contributed by atoms with Crippen LogP contribution in [-0.4, -0.2) is 91.4 Å². The molecule has 1 unspecified atom stereocenters. The SMILES string of the molecule is CN(C)CCN1CC(C(=O)N2CCN(c3ccnc4ccccc34)CC2)CC1=O. The Morgan fingerprint density at radius 3 is 2.66 bits per heavy atom. The van der Waals surface area contributed by atoms with Crippen LogP contribution in [0.1, 0.15) is 6.42 Å². The van der Waals surface area contributed by atoms with Gasteiger partial charge in [-0.3, -0.25) is 14.6 Å². The predicted molar refractivity (Wildman–Crippen MR) is 114 cm³/mol. The van der Waals surface area contributed by atoms with Gasteiger partial charge in [-0.1, -0.05) is 18.2 Å². The summed E-state index contributed by atoms with van der Waals surface area (Å²) >= 11 is 0. The highest BCUT2D eigenvalue weighted by molar-refractivity contribution is 5.92. The van der Waals surface area contributed by atoms with E-state index in [1.165, 1.54) is 5.69 Å². The van der Waals surface area contributed by atoms with Crippen molar-refractivity contribution in [3.8, 4) is 0 Å². The molecule has 2 aromatic rings. The number of likely N-dealkylation sites (tertiary alicyclic amines) is 1. The van der Waals surface area contributed by atoms with E-state index in [2.05, 4.69) is 26.9 Å². The fourth-order valence-corrected chi connectivity index (χ4v) is 4.26. The molecule has 0 radical (unpaired) electrons. The van der Waals surface area contributed by atoms with Gasteiger partial charge in [-0.15, -0.1) is 0 Å². The molecule has 0 saturated carbocycles. The first-order valence-electron chi connectivity index (χ1n) is 10.3. The first-order chi connectivity index (χ1) is 14.0. The number of pyridine rings is 1. The second-order valence-corrected chi connectivity index (χ2v) is 8.20. The zero-order chi connectivity index (χ0) is 20.4. The third-order valence-electron chi connectivity index (χ3n) is 5.94. The van der Waals surface area contributed by atoms with E-state index in [4.69, 9.17) is 0 Å². The lowest BCUT2D eigenvalue weighted by Crippen LogP contribution is -2.50. The molecule has 4 rings (SSSR count). The number of carbonyl (C=O) groups is 2. The molecule has 29 heavy (non-hydrogen) atoms. The third-order valence-corrected chi connectivity index (χ3v) is 5.94. The van der Waals surface area contributed by atoms with E-state index >= 15 is 0 Å². The van der Waals surface area contributed by atoms with Crippen molar-refractivity contribution in [2.75, 3.05) is 64.8 Å². The summed E-state index contributed by atoms with van der Waals surface area (Å²) < 4.78 is 0. The molecule has 1 aromatic heterocycles. The molecular weight excluding hydrogens is 366 g/mol. The Labute approximate surface area is 171 Å². The number of nitrogens with zero attached hydrogens (tertiary/aromatic N) is 5. The van der Waals surface area contributed by atoms with Crippen LogP contribution < -0.4 is 4.90 Å². The Kier molecular flexibility index (Phi) is 5.67. The Bertz CT molecular complexity index is 886. The number of para-hydroxylation sites is 1. The number of likely N-dealkylation sites (N-methyl/N-ethyl adjacent to an activating group) is 1. The summed E-state index contributed by atoms with van der Waals surface area (Å²) in [5.41, 5.74) is 2.17. The number of carbonyl (C=O) groups excluding carboxylic acids is 2. The van der Waals surface area contributed by atoms with Crippen molar-refractivity contribution in [3.63, 3.8) is 0 Å². The maximum Gasteiger partial charge on any atom is 0.228 e. The fourth-order valence-electron chi connectivity index (χ4n) is 4.26. The van der Waals surface area contributed by atoms with Gasteiger partial charge < -0.3 is 19.6 Å². The summed E-state index contributed by atoms with van der Waals surface area (Å²) in [6.45, 7) is 5.05. The molecule has 2 aliphatic heterocycles. The number of anilines is 1. The molecule has 0 aliphatic carbocycles. The van der Waals surface area contributed by atoms with Crippen molar-refractivity contribution in [2.45, 2.75) is 6.42 Å². The average Bonchev–Trinajstić information content (AvgIpc) is 3.12. The maximum absolute atomic E-state index is 13.0. The Hall–Kier alpha value is -2.67. The molecule has 154 valence electrons. The van der Waals surface area contributed by atoms with Gasteiger partial charge in [0.15, 0.2) is 0 Å². The molecule has 2 saturated heterocycles. The lowest BCUT2D eigenvalue weighted by atomic mass is 10.1. The Morgan fingerprint density at radius 1 is 1.14 bits per heavy atom. The molecule has 1 aromatic carbocycles. The highest BCUT2D eigenvalue weighted by Gasteiger charge is 2.37. The quantitative estimate of drug-likeness (QED) is 0.764.